The molecule has 0 aliphatic carbocycles. The van der Waals surface area contributed by atoms with Crippen LogP contribution in [0.2, 0.25) is 0 Å². The molecule has 1 aromatic carbocycles. The molecule has 4 N–H and O–H groups in total. The molecule has 1 aromatic heterocycles. The molecule has 0 spiro atoms. The zero-order chi connectivity index (χ0) is 12.3. The van der Waals surface area contributed by atoms with Crippen LogP contribution in [0.3, 0.4) is 0 Å². The highest BCUT2D eigenvalue weighted by Crippen LogP contribution is 2.23. The van der Waals surface area contributed by atoms with Gasteiger partial charge in [-0.2, -0.15) is 0 Å². The van der Waals surface area contributed by atoms with Crippen LogP contribution in [0.15, 0.2) is 30.5 Å². The van der Waals surface area contributed by atoms with E-state index in [0.717, 1.165) is 17.7 Å². The molecule has 0 amide bonds. The Morgan fingerprint density at radius 2 is 2.06 bits per heavy atom. The van der Waals surface area contributed by atoms with E-state index in [1.807, 2.05) is 0 Å². The molecule has 0 saturated carbocycles. The summed E-state index contributed by atoms with van der Waals surface area (Å²) in [5, 5.41) is 0. The maximum Gasteiger partial charge on any atom is 0.215 e. The van der Waals surface area contributed by atoms with Crippen molar-refractivity contribution in [1.29, 1.82) is 0 Å². The number of nitrogens with zero attached hydrogens (tertiary/aromatic N) is 1. The molecule has 2 aromatic rings. The first-order chi connectivity index (χ1) is 8.24. The zero-order valence-corrected chi connectivity index (χ0v) is 10.2. The molecule has 17 heavy (non-hydrogen) atoms. The molecule has 0 radical (unpaired) electrons. The molecule has 0 bridgehead atoms. The van der Waals surface area contributed by atoms with Crippen LogP contribution in [0.4, 0.5) is 5.95 Å². The fraction of sp³-hybridized carbons (Fsp3) is 0.308. The summed E-state index contributed by atoms with van der Waals surface area (Å²) < 4.78 is 0. The van der Waals surface area contributed by atoms with Gasteiger partial charge in [0.1, 0.15) is 0 Å². The number of nitrogen functional groups attached to an aromatic ring is 1. The van der Waals surface area contributed by atoms with Gasteiger partial charge >= 0.3 is 0 Å². The average Bonchev–Trinajstić information content (AvgIpc) is 2.87. The highest BCUT2D eigenvalue weighted by molar-refractivity contribution is 5.60. The van der Waals surface area contributed by atoms with Crippen LogP contribution in [0.1, 0.15) is 31.7 Å². The number of nitrogens with one attached hydrogen (secondary N) is 2. The minimum Gasteiger partial charge on any atom is -0.323 e. The van der Waals surface area contributed by atoms with Gasteiger partial charge in [0.2, 0.25) is 5.95 Å². The Balaban J connectivity index is 2.22. The summed E-state index contributed by atoms with van der Waals surface area (Å²) in [6, 6.07) is 8.55. The summed E-state index contributed by atoms with van der Waals surface area (Å²) in [6.45, 7) is 4.44. The second-order valence-corrected chi connectivity index (χ2v) is 4.22. The van der Waals surface area contributed by atoms with Crippen LogP contribution in [0, 0.1) is 0 Å². The topological polar surface area (TPSA) is 66.7 Å². The third-order valence-electron chi connectivity index (χ3n) is 3.12. The quantitative estimate of drug-likeness (QED) is 0.559. The minimum atomic E-state index is 0.575. The van der Waals surface area contributed by atoms with E-state index in [1.165, 1.54) is 5.56 Å². The fourth-order valence-electron chi connectivity index (χ4n) is 1.77. The monoisotopic (exact) mass is 230 g/mol. The van der Waals surface area contributed by atoms with Crippen molar-refractivity contribution in [1.82, 2.24) is 9.97 Å². The van der Waals surface area contributed by atoms with Gasteiger partial charge in [-0.15, -0.1) is 0 Å². The molecule has 1 atom stereocenters. The molecule has 2 rings (SSSR count). The van der Waals surface area contributed by atoms with Crippen molar-refractivity contribution in [3.63, 3.8) is 0 Å². The molecule has 0 saturated heterocycles. The smallest absolute Gasteiger partial charge is 0.215 e. The summed E-state index contributed by atoms with van der Waals surface area (Å²) in [7, 11) is 0. The van der Waals surface area contributed by atoms with E-state index in [2.05, 4.69) is 53.5 Å². The first-order valence-corrected chi connectivity index (χ1v) is 5.86. The van der Waals surface area contributed by atoms with Crippen molar-refractivity contribution in [2.45, 2.75) is 26.2 Å². The molecule has 4 nitrogen and oxygen atoms in total. The van der Waals surface area contributed by atoms with Crippen molar-refractivity contribution in [3.05, 3.63) is 36.0 Å². The summed E-state index contributed by atoms with van der Waals surface area (Å²) in [4.78, 5) is 7.19. The van der Waals surface area contributed by atoms with Gasteiger partial charge in [0.25, 0.3) is 0 Å². The van der Waals surface area contributed by atoms with E-state index >= 15 is 0 Å². The summed E-state index contributed by atoms with van der Waals surface area (Å²) in [5.41, 5.74) is 5.94. The van der Waals surface area contributed by atoms with Gasteiger partial charge in [-0.05, 0) is 23.5 Å². The summed E-state index contributed by atoms with van der Waals surface area (Å²) >= 11 is 0. The van der Waals surface area contributed by atoms with Crippen molar-refractivity contribution >= 4 is 5.95 Å². The molecule has 0 aliphatic heterocycles. The first kappa shape index (κ1) is 11.7. The number of hydrazine groups is 1. The van der Waals surface area contributed by atoms with Crippen LogP contribution in [0.5, 0.6) is 0 Å². The van der Waals surface area contributed by atoms with Gasteiger partial charge < -0.3 is 4.98 Å². The number of rotatable bonds is 4. The van der Waals surface area contributed by atoms with Gasteiger partial charge in [0.05, 0.1) is 11.9 Å². The minimum absolute atomic E-state index is 0.575. The van der Waals surface area contributed by atoms with E-state index in [-0.39, 0.29) is 0 Å². The number of aromatic nitrogens is 2. The normalized spacial score (nSPS) is 12.4. The largest absolute Gasteiger partial charge is 0.323 e. The lowest BCUT2D eigenvalue weighted by Crippen LogP contribution is -2.07. The lowest BCUT2D eigenvalue weighted by Gasteiger charge is -2.09. The maximum absolute atomic E-state index is 5.28. The highest BCUT2D eigenvalue weighted by Gasteiger charge is 2.05. The Bertz CT molecular complexity index is 472. The Labute approximate surface area is 101 Å². The van der Waals surface area contributed by atoms with Gasteiger partial charge in [-0.3, -0.25) is 5.43 Å². The molecule has 1 unspecified atom stereocenters. The van der Waals surface area contributed by atoms with E-state index in [1.54, 1.807) is 6.20 Å². The van der Waals surface area contributed by atoms with Crippen LogP contribution in [-0.2, 0) is 0 Å². The number of hydrogen-bond acceptors (Lipinski definition) is 3. The van der Waals surface area contributed by atoms with Crippen LogP contribution in [0.25, 0.3) is 11.3 Å². The molecule has 1 heterocycles. The predicted octanol–water partition coefficient (Wildman–Crippen LogP) is 2.88. The average molecular weight is 230 g/mol. The third-order valence-corrected chi connectivity index (χ3v) is 3.12. The van der Waals surface area contributed by atoms with Crippen LogP contribution >= 0.6 is 0 Å². The molecule has 0 aliphatic rings. The van der Waals surface area contributed by atoms with Crippen molar-refractivity contribution < 1.29 is 0 Å². The number of aromatic amines is 1. The second kappa shape index (κ2) is 5.01. The molecule has 90 valence electrons. The lowest BCUT2D eigenvalue weighted by atomic mass is 9.97. The standard InChI is InChI=1S/C13H18N4/c1-3-9(2)10-4-6-11(7-5-10)12-8-15-13(16-12)17-14/h4-9H,3,14H2,1-2H3,(H2,15,16,17). The van der Waals surface area contributed by atoms with Gasteiger partial charge in [0, 0.05) is 0 Å². The zero-order valence-electron chi connectivity index (χ0n) is 10.2. The molecular weight excluding hydrogens is 212 g/mol. The Kier molecular flexibility index (Phi) is 3.44. The molecule has 0 fully saturated rings. The van der Waals surface area contributed by atoms with Crippen molar-refractivity contribution in [2.75, 3.05) is 5.43 Å². The summed E-state index contributed by atoms with van der Waals surface area (Å²) in [5.74, 6) is 6.46. The van der Waals surface area contributed by atoms with Crippen molar-refractivity contribution in [3.8, 4) is 11.3 Å². The first-order valence-electron chi connectivity index (χ1n) is 5.86. The lowest BCUT2D eigenvalue weighted by molar-refractivity contribution is 0.734. The van der Waals surface area contributed by atoms with E-state index in [0.29, 0.717) is 11.9 Å². The van der Waals surface area contributed by atoms with E-state index < -0.39 is 0 Å². The predicted molar refractivity (Wildman–Crippen MR) is 70.5 cm³/mol. The number of benzene rings is 1. The summed E-state index contributed by atoms with van der Waals surface area (Å²) in [6.07, 6.45) is 2.93. The Morgan fingerprint density at radius 3 is 2.59 bits per heavy atom. The Morgan fingerprint density at radius 1 is 1.35 bits per heavy atom. The number of nitrogens with two attached hydrogens (primary N) is 1. The maximum atomic E-state index is 5.28. The SMILES string of the molecule is CCC(C)c1ccc(-c2cnc(NN)[nH]2)cc1. The van der Waals surface area contributed by atoms with Gasteiger partial charge in [-0.25, -0.2) is 10.8 Å². The second-order valence-electron chi connectivity index (χ2n) is 4.22. The number of hydrogen-bond donors (Lipinski definition) is 3. The van der Waals surface area contributed by atoms with Gasteiger partial charge in [0.15, 0.2) is 0 Å². The number of imidazole rings is 1. The molecular formula is C13H18N4. The molecule has 4 heteroatoms. The van der Waals surface area contributed by atoms with Crippen LogP contribution in [-0.4, -0.2) is 9.97 Å². The highest BCUT2D eigenvalue weighted by atomic mass is 15.3. The Hall–Kier alpha value is -1.81. The van der Waals surface area contributed by atoms with Crippen molar-refractivity contribution in [2.24, 2.45) is 5.84 Å². The van der Waals surface area contributed by atoms with E-state index in [4.69, 9.17) is 5.84 Å². The van der Waals surface area contributed by atoms with Crippen LogP contribution < -0.4 is 11.3 Å². The van der Waals surface area contributed by atoms with E-state index in [9.17, 15) is 0 Å². The fourth-order valence-corrected chi connectivity index (χ4v) is 1.77. The third kappa shape index (κ3) is 2.47. The van der Waals surface area contributed by atoms with Gasteiger partial charge in [-0.1, -0.05) is 38.1 Å². The number of H-pyrrole nitrogens is 1. The number of anilines is 1.